The molecule has 0 N–H and O–H groups in total. The Morgan fingerprint density at radius 2 is 1.70 bits per heavy atom. The lowest BCUT2D eigenvalue weighted by molar-refractivity contribution is 0.0746. The van der Waals surface area contributed by atoms with Gasteiger partial charge in [-0.15, -0.1) is 11.3 Å². The molecule has 0 spiro atoms. The topological polar surface area (TPSA) is 37.4 Å². The van der Waals surface area contributed by atoms with Gasteiger partial charge in [-0.1, -0.05) is 30.3 Å². The zero-order valence-corrected chi connectivity index (χ0v) is 17.2. The van der Waals surface area contributed by atoms with Gasteiger partial charge in [0.05, 0.1) is 6.54 Å². The summed E-state index contributed by atoms with van der Waals surface area (Å²) in [5.74, 6) is 0.00502. The average Bonchev–Trinajstić information content (AvgIpc) is 3.10. The highest BCUT2D eigenvalue weighted by Gasteiger charge is 2.17. The minimum atomic E-state index is -1.04. The second kappa shape index (κ2) is 9.11. The van der Waals surface area contributed by atoms with E-state index in [0.29, 0.717) is 18.7 Å². The second-order valence-electron chi connectivity index (χ2n) is 6.45. The van der Waals surface area contributed by atoms with Crippen LogP contribution in [0.3, 0.4) is 0 Å². The van der Waals surface area contributed by atoms with Crippen LogP contribution in [0.1, 0.15) is 25.7 Å². The van der Waals surface area contributed by atoms with Crippen LogP contribution in [0.25, 0.3) is 0 Å². The summed E-state index contributed by atoms with van der Waals surface area (Å²) in [6, 6.07) is 21.5. The minimum Gasteiger partial charge on any atom is -0.333 e. The van der Waals surface area contributed by atoms with Crippen LogP contribution in [0.15, 0.2) is 71.6 Å². The Kier molecular flexibility index (Phi) is 6.58. The molecular weight excluding hydrogens is 374 g/mol. The number of hydrogen-bond donors (Lipinski definition) is 0. The molecule has 1 unspecified atom stereocenters. The maximum atomic E-state index is 13.1. The lowest BCUT2D eigenvalue weighted by Gasteiger charge is -2.22. The number of carbonyl (C=O) groups excluding carboxylic acids is 1. The van der Waals surface area contributed by atoms with Gasteiger partial charge in [-0.05, 0) is 55.3 Å². The Morgan fingerprint density at radius 1 is 1.00 bits per heavy atom. The highest BCUT2D eigenvalue weighted by Crippen LogP contribution is 2.19. The maximum Gasteiger partial charge on any atom is 0.254 e. The molecule has 0 saturated carbocycles. The molecule has 0 bridgehead atoms. The molecule has 0 aliphatic carbocycles. The fraction of sp³-hybridized carbons (Fsp3) is 0.227. The Balaban J connectivity index is 1.78. The van der Waals surface area contributed by atoms with Crippen molar-refractivity contribution in [2.75, 3.05) is 12.8 Å². The van der Waals surface area contributed by atoms with E-state index in [9.17, 15) is 9.00 Å². The number of rotatable bonds is 7. The Labute approximate surface area is 167 Å². The van der Waals surface area contributed by atoms with Crippen LogP contribution in [0.5, 0.6) is 0 Å². The van der Waals surface area contributed by atoms with Crippen molar-refractivity contribution in [2.24, 2.45) is 0 Å². The van der Waals surface area contributed by atoms with Gasteiger partial charge in [0, 0.05) is 43.8 Å². The van der Waals surface area contributed by atoms with Crippen molar-refractivity contribution < 1.29 is 9.00 Å². The maximum absolute atomic E-state index is 13.1. The first-order chi connectivity index (χ1) is 13.0. The van der Waals surface area contributed by atoms with Crippen LogP contribution < -0.4 is 0 Å². The van der Waals surface area contributed by atoms with Crippen LogP contribution in [-0.2, 0) is 23.8 Å². The van der Waals surface area contributed by atoms with E-state index in [2.05, 4.69) is 31.2 Å². The summed E-state index contributed by atoms with van der Waals surface area (Å²) < 4.78 is 11.6. The van der Waals surface area contributed by atoms with E-state index in [1.54, 1.807) is 41.9 Å². The number of benzene rings is 2. The summed E-state index contributed by atoms with van der Waals surface area (Å²) in [5.41, 5.74) is 1.85. The van der Waals surface area contributed by atoms with Gasteiger partial charge >= 0.3 is 0 Å². The third-order valence-electron chi connectivity index (χ3n) is 4.38. The minimum absolute atomic E-state index is 0.00502. The van der Waals surface area contributed by atoms with Gasteiger partial charge in [0.2, 0.25) is 0 Å². The number of hydrogen-bond acceptors (Lipinski definition) is 3. The first kappa shape index (κ1) is 19.5. The first-order valence-electron chi connectivity index (χ1n) is 8.85. The molecule has 1 aromatic heterocycles. The van der Waals surface area contributed by atoms with Crippen molar-refractivity contribution in [1.29, 1.82) is 0 Å². The van der Waals surface area contributed by atoms with E-state index in [1.165, 1.54) is 15.3 Å². The summed E-state index contributed by atoms with van der Waals surface area (Å²) in [6.45, 7) is 3.33. The average molecular weight is 398 g/mol. The van der Waals surface area contributed by atoms with E-state index in [-0.39, 0.29) is 5.91 Å². The third kappa shape index (κ3) is 5.37. The molecule has 27 heavy (non-hydrogen) atoms. The summed E-state index contributed by atoms with van der Waals surface area (Å²) >= 11 is 1.72. The third-order valence-corrected chi connectivity index (χ3v) is 6.30. The van der Waals surface area contributed by atoms with Crippen LogP contribution >= 0.6 is 11.3 Å². The fourth-order valence-electron chi connectivity index (χ4n) is 2.89. The first-order valence-corrected chi connectivity index (χ1v) is 11.2. The van der Waals surface area contributed by atoms with Crippen molar-refractivity contribution in [3.8, 4) is 0 Å². The lowest BCUT2D eigenvalue weighted by Crippen LogP contribution is -2.32. The van der Waals surface area contributed by atoms with E-state index in [0.717, 1.165) is 11.3 Å². The molecule has 0 radical (unpaired) electrons. The largest absolute Gasteiger partial charge is 0.333 e. The van der Waals surface area contributed by atoms with Crippen molar-refractivity contribution in [1.82, 2.24) is 4.90 Å². The highest BCUT2D eigenvalue weighted by atomic mass is 32.2. The van der Waals surface area contributed by atoms with Crippen molar-refractivity contribution in [3.63, 3.8) is 0 Å². The van der Waals surface area contributed by atoms with Gasteiger partial charge in [0.1, 0.15) is 0 Å². The molecule has 3 rings (SSSR count). The van der Waals surface area contributed by atoms with Gasteiger partial charge in [-0.25, -0.2) is 0 Å². The van der Waals surface area contributed by atoms with E-state index >= 15 is 0 Å². The summed E-state index contributed by atoms with van der Waals surface area (Å²) in [6.07, 6.45) is 2.45. The number of nitrogens with zero attached hydrogens (tertiary/aromatic N) is 1. The zero-order valence-electron chi connectivity index (χ0n) is 15.6. The van der Waals surface area contributed by atoms with E-state index in [1.807, 2.05) is 23.1 Å². The SMILES string of the molecule is Cc1ccc(CN(CCc2ccccc2)C(=O)c2ccc(S(C)=O)cc2)s1. The van der Waals surface area contributed by atoms with Gasteiger partial charge in [-0.2, -0.15) is 0 Å². The molecule has 0 aliphatic rings. The molecule has 5 heteroatoms. The van der Waals surface area contributed by atoms with Crippen LogP contribution in [0.4, 0.5) is 0 Å². The predicted octanol–water partition coefficient (Wildman–Crippen LogP) is 4.68. The molecule has 140 valence electrons. The normalized spacial score (nSPS) is 11.9. The Hall–Kier alpha value is -2.24. The van der Waals surface area contributed by atoms with Crippen molar-refractivity contribution in [3.05, 3.63) is 87.6 Å². The molecular formula is C22H23NO2S2. The van der Waals surface area contributed by atoms with E-state index < -0.39 is 10.8 Å². The molecule has 1 atom stereocenters. The molecule has 0 fully saturated rings. The highest BCUT2D eigenvalue weighted by molar-refractivity contribution is 7.84. The summed E-state index contributed by atoms with van der Waals surface area (Å²) in [4.78, 5) is 18.2. The van der Waals surface area contributed by atoms with Gasteiger partial charge in [0.15, 0.2) is 0 Å². The number of amides is 1. The fourth-order valence-corrected chi connectivity index (χ4v) is 4.32. The number of thiophene rings is 1. The second-order valence-corrected chi connectivity index (χ2v) is 9.21. The van der Waals surface area contributed by atoms with Gasteiger partial charge in [-0.3, -0.25) is 9.00 Å². The van der Waals surface area contributed by atoms with Gasteiger partial charge < -0.3 is 4.90 Å². The quantitative estimate of drug-likeness (QED) is 0.580. The predicted molar refractivity (Wildman–Crippen MR) is 113 cm³/mol. The van der Waals surface area contributed by atoms with Gasteiger partial charge in [0.25, 0.3) is 5.91 Å². The standard InChI is InChI=1S/C22H23NO2S2/c1-17-8-11-20(26-17)16-23(15-14-18-6-4-3-5-7-18)22(24)19-9-12-21(13-10-19)27(2)25/h3-13H,14-16H2,1-2H3. The van der Waals surface area contributed by atoms with Crippen LogP contribution in [-0.4, -0.2) is 27.8 Å². The molecule has 0 aliphatic heterocycles. The molecule has 0 saturated heterocycles. The summed E-state index contributed by atoms with van der Waals surface area (Å²) in [7, 11) is -1.04. The lowest BCUT2D eigenvalue weighted by atomic mass is 10.1. The monoisotopic (exact) mass is 397 g/mol. The smallest absolute Gasteiger partial charge is 0.254 e. The Morgan fingerprint density at radius 3 is 2.30 bits per heavy atom. The molecule has 1 amide bonds. The Bertz CT molecular complexity index is 917. The molecule has 2 aromatic carbocycles. The number of aryl methyl sites for hydroxylation is 1. The number of carbonyl (C=O) groups is 1. The molecule has 3 nitrogen and oxygen atoms in total. The molecule has 3 aromatic rings. The summed E-state index contributed by atoms with van der Waals surface area (Å²) in [5, 5.41) is 0. The van der Waals surface area contributed by atoms with Crippen molar-refractivity contribution >= 4 is 28.0 Å². The van der Waals surface area contributed by atoms with E-state index in [4.69, 9.17) is 0 Å². The van der Waals surface area contributed by atoms with Crippen molar-refractivity contribution in [2.45, 2.75) is 24.8 Å². The van der Waals surface area contributed by atoms with Crippen LogP contribution in [0.2, 0.25) is 0 Å². The molecule has 1 heterocycles. The van der Waals surface area contributed by atoms with Crippen LogP contribution in [0, 0.1) is 6.92 Å². The zero-order chi connectivity index (χ0) is 19.2.